The van der Waals surface area contributed by atoms with Crippen molar-refractivity contribution >= 4 is 22.4 Å². The van der Waals surface area contributed by atoms with Crippen molar-refractivity contribution < 1.29 is 13.9 Å². The molecule has 0 saturated carbocycles. The van der Waals surface area contributed by atoms with Gasteiger partial charge in [0, 0.05) is 36.6 Å². The topological polar surface area (TPSA) is 51.2 Å². The number of rotatable bonds is 4. The van der Waals surface area contributed by atoms with Gasteiger partial charge in [-0.3, -0.25) is 4.79 Å². The lowest BCUT2D eigenvalue weighted by Gasteiger charge is -2.20. The van der Waals surface area contributed by atoms with Crippen LogP contribution in [-0.4, -0.2) is 24.1 Å². The van der Waals surface area contributed by atoms with Crippen LogP contribution in [0.15, 0.2) is 30.5 Å². The number of amides is 1. The van der Waals surface area contributed by atoms with Crippen molar-refractivity contribution in [3.8, 4) is 0 Å². The molecule has 3 rings (SSSR count). The molecule has 0 aliphatic carbocycles. The summed E-state index contributed by atoms with van der Waals surface area (Å²) in [5.74, 6) is -0.227. The molecule has 4 nitrogen and oxygen atoms in total. The standard InChI is InChI=1S/C16H17FN2O2S/c17-13-3-1-2-11(8-13)9-14-10-18-16(22-14)19-15(20)12-4-6-21-7-5-12/h1-3,8,10,12H,4-7,9H2,(H,18,19,20). The second-order valence-corrected chi connectivity index (χ2v) is 6.43. The maximum atomic E-state index is 13.2. The van der Waals surface area contributed by atoms with Crippen LogP contribution in [0.5, 0.6) is 0 Å². The summed E-state index contributed by atoms with van der Waals surface area (Å²) in [5, 5.41) is 3.47. The number of anilines is 1. The summed E-state index contributed by atoms with van der Waals surface area (Å²) in [6, 6.07) is 6.51. The fourth-order valence-corrected chi connectivity index (χ4v) is 3.31. The molecule has 2 heterocycles. The molecule has 1 aliphatic rings. The molecule has 1 aliphatic heterocycles. The number of nitrogens with zero attached hydrogens (tertiary/aromatic N) is 1. The Balaban J connectivity index is 1.60. The van der Waals surface area contributed by atoms with Gasteiger partial charge in [-0.2, -0.15) is 0 Å². The summed E-state index contributed by atoms with van der Waals surface area (Å²) in [6.07, 6.45) is 3.86. The van der Waals surface area contributed by atoms with Crippen LogP contribution in [0.1, 0.15) is 23.3 Å². The van der Waals surface area contributed by atoms with Gasteiger partial charge in [0.05, 0.1) is 0 Å². The van der Waals surface area contributed by atoms with Gasteiger partial charge < -0.3 is 10.1 Å². The van der Waals surface area contributed by atoms with E-state index >= 15 is 0 Å². The average Bonchev–Trinajstić information content (AvgIpc) is 2.95. The van der Waals surface area contributed by atoms with Crippen LogP contribution >= 0.6 is 11.3 Å². The van der Waals surface area contributed by atoms with Gasteiger partial charge >= 0.3 is 0 Å². The maximum Gasteiger partial charge on any atom is 0.229 e. The molecule has 22 heavy (non-hydrogen) atoms. The number of thiazole rings is 1. The molecule has 1 aromatic carbocycles. The van der Waals surface area contributed by atoms with Crippen LogP contribution < -0.4 is 5.32 Å². The Bertz CT molecular complexity index is 653. The van der Waals surface area contributed by atoms with Gasteiger partial charge in [0.1, 0.15) is 5.82 Å². The lowest BCUT2D eigenvalue weighted by Crippen LogP contribution is -2.28. The second kappa shape index (κ2) is 6.98. The van der Waals surface area contributed by atoms with Gasteiger partial charge in [0.2, 0.25) is 5.91 Å². The average molecular weight is 320 g/mol. The van der Waals surface area contributed by atoms with Gasteiger partial charge in [-0.1, -0.05) is 12.1 Å². The molecule has 0 unspecified atom stereocenters. The fourth-order valence-electron chi connectivity index (χ4n) is 2.46. The Morgan fingerprint density at radius 1 is 1.41 bits per heavy atom. The Hall–Kier alpha value is -1.79. The van der Waals surface area contributed by atoms with Crippen LogP contribution in [0.2, 0.25) is 0 Å². The number of halogens is 1. The lowest BCUT2D eigenvalue weighted by atomic mass is 10.00. The number of carbonyl (C=O) groups is 1. The predicted molar refractivity (Wildman–Crippen MR) is 83.5 cm³/mol. The molecule has 1 aromatic heterocycles. The Kier molecular flexibility index (Phi) is 4.80. The van der Waals surface area contributed by atoms with Crippen LogP contribution in [-0.2, 0) is 16.0 Å². The Morgan fingerprint density at radius 2 is 2.23 bits per heavy atom. The van der Waals surface area contributed by atoms with E-state index in [1.54, 1.807) is 12.3 Å². The monoisotopic (exact) mass is 320 g/mol. The molecule has 0 spiro atoms. The van der Waals surface area contributed by atoms with Crippen molar-refractivity contribution in [3.05, 3.63) is 46.7 Å². The van der Waals surface area contributed by atoms with Crippen molar-refractivity contribution in [1.29, 1.82) is 0 Å². The van der Waals surface area contributed by atoms with Gasteiger partial charge in [-0.15, -0.1) is 11.3 Å². The smallest absolute Gasteiger partial charge is 0.229 e. The van der Waals surface area contributed by atoms with E-state index in [1.807, 2.05) is 6.07 Å². The first kappa shape index (κ1) is 15.1. The van der Waals surface area contributed by atoms with E-state index in [-0.39, 0.29) is 17.6 Å². The third kappa shape index (κ3) is 3.90. The van der Waals surface area contributed by atoms with Crippen LogP contribution in [0.4, 0.5) is 9.52 Å². The summed E-state index contributed by atoms with van der Waals surface area (Å²) >= 11 is 1.43. The van der Waals surface area contributed by atoms with E-state index in [0.29, 0.717) is 24.8 Å². The molecule has 1 amide bonds. The van der Waals surface area contributed by atoms with E-state index in [2.05, 4.69) is 10.3 Å². The molecular weight excluding hydrogens is 303 g/mol. The SMILES string of the molecule is O=C(Nc1ncc(Cc2cccc(F)c2)s1)C1CCOCC1. The highest BCUT2D eigenvalue weighted by Gasteiger charge is 2.22. The van der Waals surface area contributed by atoms with E-state index in [1.165, 1.54) is 23.5 Å². The summed E-state index contributed by atoms with van der Waals surface area (Å²) in [6.45, 7) is 1.28. The quantitative estimate of drug-likeness (QED) is 0.941. The van der Waals surface area contributed by atoms with Crippen molar-refractivity contribution in [2.45, 2.75) is 19.3 Å². The van der Waals surface area contributed by atoms with Crippen LogP contribution in [0.3, 0.4) is 0 Å². The predicted octanol–water partition coefficient (Wildman–Crippen LogP) is 3.24. The molecule has 2 aromatic rings. The highest BCUT2D eigenvalue weighted by atomic mass is 32.1. The second-order valence-electron chi connectivity index (χ2n) is 5.31. The third-order valence-corrected chi connectivity index (χ3v) is 4.56. The highest BCUT2D eigenvalue weighted by molar-refractivity contribution is 7.15. The van der Waals surface area contributed by atoms with Crippen molar-refractivity contribution in [1.82, 2.24) is 4.98 Å². The highest BCUT2D eigenvalue weighted by Crippen LogP contribution is 2.23. The molecule has 116 valence electrons. The molecule has 0 atom stereocenters. The number of hydrogen-bond acceptors (Lipinski definition) is 4. The molecule has 1 fully saturated rings. The number of aromatic nitrogens is 1. The molecule has 0 bridgehead atoms. The first-order chi connectivity index (χ1) is 10.7. The van der Waals surface area contributed by atoms with E-state index < -0.39 is 0 Å². The van der Waals surface area contributed by atoms with Crippen molar-refractivity contribution in [2.75, 3.05) is 18.5 Å². The Morgan fingerprint density at radius 3 is 3.00 bits per heavy atom. The minimum absolute atomic E-state index is 0.00400. The van der Waals surface area contributed by atoms with Crippen molar-refractivity contribution in [3.63, 3.8) is 0 Å². The fraction of sp³-hybridized carbons (Fsp3) is 0.375. The molecular formula is C16H17FN2O2S. The minimum atomic E-state index is -0.241. The van der Waals surface area contributed by atoms with Gasteiger partial charge in [-0.25, -0.2) is 9.37 Å². The largest absolute Gasteiger partial charge is 0.381 e. The van der Waals surface area contributed by atoms with Gasteiger partial charge in [0.15, 0.2) is 5.13 Å². The number of hydrogen-bond donors (Lipinski definition) is 1. The van der Waals surface area contributed by atoms with Gasteiger partial charge in [0.25, 0.3) is 0 Å². The zero-order chi connectivity index (χ0) is 15.4. The first-order valence-electron chi connectivity index (χ1n) is 7.28. The zero-order valence-electron chi connectivity index (χ0n) is 12.0. The van der Waals surface area contributed by atoms with E-state index in [9.17, 15) is 9.18 Å². The molecule has 1 N–H and O–H groups in total. The number of benzene rings is 1. The summed E-state index contributed by atoms with van der Waals surface area (Å²) in [5.41, 5.74) is 0.894. The minimum Gasteiger partial charge on any atom is -0.381 e. The van der Waals surface area contributed by atoms with Crippen LogP contribution in [0.25, 0.3) is 0 Å². The zero-order valence-corrected chi connectivity index (χ0v) is 12.9. The molecule has 1 saturated heterocycles. The normalized spacial score (nSPS) is 15.7. The third-order valence-electron chi connectivity index (χ3n) is 3.64. The first-order valence-corrected chi connectivity index (χ1v) is 8.10. The molecule has 0 radical (unpaired) electrons. The lowest BCUT2D eigenvalue weighted by molar-refractivity contribution is -0.122. The van der Waals surface area contributed by atoms with Crippen molar-refractivity contribution in [2.24, 2.45) is 5.92 Å². The number of nitrogens with one attached hydrogen (secondary N) is 1. The van der Waals surface area contributed by atoms with E-state index in [0.717, 1.165) is 23.3 Å². The van der Waals surface area contributed by atoms with Crippen LogP contribution in [0, 0.1) is 11.7 Å². The van der Waals surface area contributed by atoms with E-state index in [4.69, 9.17) is 4.74 Å². The maximum absolute atomic E-state index is 13.2. The number of carbonyl (C=O) groups excluding carboxylic acids is 1. The summed E-state index contributed by atoms with van der Waals surface area (Å²) < 4.78 is 18.4. The van der Waals surface area contributed by atoms with Gasteiger partial charge in [-0.05, 0) is 30.5 Å². The summed E-state index contributed by atoms with van der Waals surface area (Å²) in [4.78, 5) is 17.4. The molecule has 6 heteroatoms. The number of ether oxygens (including phenoxy) is 1. The summed E-state index contributed by atoms with van der Waals surface area (Å²) in [7, 11) is 0. The Labute approximate surface area is 132 Å².